The van der Waals surface area contributed by atoms with Crippen LogP contribution in [0.4, 0.5) is 17.1 Å². The van der Waals surface area contributed by atoms with E-state index in [1.54, 1.807) is 30.5 Å². The third-order valence-electron chi connectivity index (χ3n) is 5.03. The molecule has 3 aromatic rings. The zero-order valence-electron chi connectivity index (χ0n) is 14.9. The second-order valence-corrected chi connectivity index (χ2v) is 7.34. The molecular weight excluding hydrogens is 396 g/mol. The lowest BCUT2D eigenvalue weighted by Gasteiger charge is -2.28. The van der Waals surface area contributed by atoms with Crippen LogP contribution in [0.1, 0.15) is 5.56 Å². The van der Waals surface area contributed by atoms with Gasteiger partial charge in [0.2, 0.25) is 5.16 Å². The van der Waals surface area contributed by atoms with E-state index < -0.39 is 22.1 Å². The van der Waals surface area contributed by atoms with Gasteiger partial charge in [0.1, 0.15) is 0 Å². The lowest BCUT2D eigenvalue weighted by molar-refractivity contribution is -0.781. The van der Waals surface area contributed by atoms with E-state index in [1.165, 1.54) is 34.6 Å². The second kappa shape index (κ2) is 5.88. The molecule has 10 nitrogen and oxygen atoms in total. The molecule has 3 heterocycles. The largest absolute Gasteiger partial charge is 0.375 e. The number of para-hydroxylation sites is 1. The van der Waals surface area contributed by atoms with Gasteiger partial charge in [0.25, 0.3) is 5.69 Å². The Labute approximate surface area is 167 Å². The number of non-ortho nitro benzene ring substituents is 1. The van der Waals surface area contributed by atoms with Crippen LogP contribution in [0.15, 0.2) is 52.4 Å². The van der Waals surface area contributed by atoms with Crippen molar-refractivity contribution in [3.8, 4) is 11.3 Å². The Bertz CT molecular complexity index is 1290. The number of nitrogens with zero attached hydrogens (tertiary/aromatic N) is 3. The average molecular weight is 409 g/mol. The number of carbonyl (C=O) groups is 1. The van der Waals surface area contributed by atoms with Gasteiger partial charge in [-0.3, -0.25) is 24.7 Å². The van der Waals surface area contributed by atoms with Gasteiger partial charge >= 0.3 is 22.8 Å². The number of fused-ring (bicyclic) bond motifs is 6. The normalized spacial score (nSPS) is 18.4. The van der Waals surface area contributed by atoms with Crippen molar-refractivity contribution in [1.82, 2.24) is 10.1 Å². The fraction of sp³-hybridized carbons (Fsp3) is 0.111. The lowest BCUT2D eigenvalue weighted by atomic mass is 9.94. The molecule has 1 amide bonds. The number of nitrogens with one attached hydrogen (secondary N) is 3. The lowest BCUT2D eigenvalue weighted by Crippen LogP contribution is -2.71. The molecule has 0 fully saturated rings. The summed E-state index contributed by atoms with van der Waals surface area (Å²) < 4.78 is 1.32. The molecule has 0 bridgehead atoms. The molecule has 3 N–H and O–H groups in total. The summed E-state index contributed by atoms with van der Waals surface area (Å²) in [6.07, 6.45) is 1.75. The molecule has 1 atom stereocenters. The fourth-order valence-corrected chi connectivity index (χ4v) is 4.12. The van der Waals surface area contributed by atoms with Crippen molar-refractivity contribution in [2.24, 2.45) is 0 Å². The van der Waals surface area contributed by atoms with E-state index in [0.717, 1.165) is 0 Å². The number of anilines is 2. The zero-order chi connectivity index (χ0) is 20.3. The molecule has 0 saturated heterocycles. The Hall–Kier alpha value is -3.73. The molecular formula is C18H13N6O4S+. The van der Waals surface area contributed by atoms with Gasteiger partial charge in [-0.2, -0.15) is 0 Å². The van der Waals surface area contributed by atoms with Gasteiger partial charge in [-0.25, -0.2) is 0 Å². The van der Waals surface area contributed by atoms with Gasteiger partial charge in [-0.15, -0.1) is 0 Å². The van der Waals surface area contributed by atoms with Crippen molar-refractivity contribution in [2.45, 2.75) is 10.8 Å². The van der Waals surface area contributed by atoms with E-state index >= 15 is 0 Å². The summed E-state index contributed by atoms with van der Waals surface area (Å²) in [5.74, 6) is -0.487. The molecule has 144 valence electrons. The average Bonchev–Trinajstić information content (AvgIpc) is 2.99. The summed E-state index contributed by atoms with van der Waals surface area (Å²) in [6, 6.07) is 11.2. The quantitative estimate of drug-likeness (QED) is 0.252. The van der Waals surface area contributed by atoms with Crippen molar-refractivity contribution < 1.29 is 14.4 Å². The first-order chi connectivity index (χ1) is 14.0. The standard InChI is InChI=1S/C18H12N6O4S/c1-29-17-20-15(25)14-10-4-2-3-5-12(10)21-18(23(14)22-17)11-8-9(24(27)28)6-7-13(11)19-16(18)26/h2-8H,1H3,(H2,19,20,22,25,26)/p+1/t18-/m0/s1. The van der Waals surface area contributed by atoms with Crippen LogP contribution >= 0.6 is 11.8 Å². The number of amides is 1. The SMILES string of the molecule is CSc1n[n+]2c(c(=O)[nH]1)-c1ccccc1N[C@]21C(=O)Nc2ccc([N+](=O)[O-])cc21. The van der Waals surface area contributed by atoms with Crippen LogP contribution in [-0.2, 0) is 10.5 Å². The second-order valence-electron chi connectivity index (χ2n) is 6.55. The van der Waals surface area contributed by atoms with E-state index in [0.29, 0.717) is 27.7 Å². The third-order valence-corrected chi connectivity index (χ3v) is 5.60. The van der Waals surface area contributed by atoms with Crippen molar-refractivity contribution in [2.75, 3.05) is 16.9 Å². The maximum Gasteiger partial charge on any atom is 0.375 e. The molecule has 0 radical (unpaired) electrons. The van der Waals surface area contributed by atoms with Crippen molar-refractivity contribution in [3.63, 3.8) is 0 Å². The minimum Gasteiger partial charge on any atom is -0.317 e. The van der Waals surface area contributed by atoms with E-state index in [2.05, 4.69) is 20.7 Å². The van der Waals surface area contributed by atoms with Crippen LogP contribution in [-0.4, -0.2) is 27.2 Å². The van der Waals surface area contributed by atoms with Gasteiger partial charge in [-0.05, 0) is 29.1 Å². The first-order valence-corrected chi connectivity index (χ1v) is 9.77. The molecule has 5 rings (SSSR count). The summed E-state index contributed by atoms with van der Waals surface area (Å²) in [5, 5.41) is 22.1. The van der Waals surface area contributed by atoms with Gasteiger partial charge in [0.15, 0.2) is 0 Å². The van der Waals surface area contributed by atoms with Crippen molar-refractivity contribution >= 4 is 34.7 Å². The summed E-state index contributed by atoms with van der Waals surface area (Å²) in [6.45, 7) is 0. The van der Waals surface area contributed by atoms with Crippen LogP contribution in [0.5, 0.6) is 0 Å². The molecule has 11 heteroatoms. The topological polar surface area (TPSA) is 134 Å². The molecule has 0 unspecified atom stereocenters. The summed E-state index contributed by atoms with van der Waals surface area (Å²) in [7, 11) is 0. The molecule has 0 saturated carbocycles. The van der Waals surface area contributed by atoms with Crippen LogP contribution < -0.4 is 20.9 Å². The maximum atomic E-state index is 13.2. The van der Waals surface area contributed by atoms with Gasteiger partial charge in [0.05, 0.1) is 27.4 Å². The van der Waals surface area contributed by atoms with Gasteiger partial charge < -0.3 is 10.6 Å². The van der Waals surface area contributed by atoms with E-state index in [-0.39, 0.29) is 11.4 Å². The monoisotopic (exact) mass is 409 g/mol. The fourth-order valence-electron chi connectivity index (χ4n) is 3.76. The van der Waals surface area contributed by atoms with Gasteiger partial charge in [0, 0.05) is 17.2 Å². The summed E-state index contributed by atoms with van der Waals surface area (Å²) in [4.78, 5) is 39.7. The Morgan fingerprint density at radius 2 is 1.97 bits per heavy atom. The van der Waals surface area contributed by atoms with Crippen LogP contribution in [0, 0.1) is 10.1 Å². The highest BCUT2D eigenvalue weighted by Gasteiger charge is 2.62. The Morgan fingerprint density at radius 3 is 2.72 bits per heavy atom. The number of aromatic amines is 1. The van der Waals surface area contributed by atoms with Crippen molar-refractivity contribution in [1.29, 1.82) is 0 Å². The molecule has 2 aromatic carbocycles. The van der Waals surface area contributed by atoms with E-state index in [9.17, 15) is 19.7 Å². The van der Waals surface area contributed by atoms with Crippen molar-refractivity contribution in [3.05, 3.63) is 68.5 Å². The number of nitro groups is 1. The minimum atomic E-state index is -1.64. The number of hydrogen-bond donors (Lipinski definition) is 3. The number of hydrogen-bond acceptors (Lipinski definition) is 7. The number of carbonyl (C=O) groups excluding carboxylic acids is 1. The molecule has 2 aliphatic rings. The highest BCUT2D eigenvalue weighted by atomic mass is 32.2. The third kappa shape index (κ3) is 2.24. The molecule has 0 aliphatic carbocycles. The Morgan fingerprint density at radius 1 is 1.17 bits per heavy atom. The van der Waals surface area contributed by atoms with Crippen LogP contribution in [0.3, 0.4) is 0 Å². The van der Waals surface area contributed by atoms with Crippen LogP contribution in [0.2, 0.25) is 0 Å². The number of H-pyrrole nitrogens is 1. The van der Waals surface area contributed by atoms with E-state index in [4.69, 9.17) is 0 Å². The molecule has 29 heavy (non-hydrogen) atoms. The molecule has 1 spiro atoms. The molecule has 2 aliphatic heterocycles. The van der Waals surface area contributed by atoms with E-state index in [1.807, 2.05) is 0 Å². The summed E-state index contributed by atoms with van der Waals surface area (Å²) >= 11 is 1.21. The first-order valence-electron chi connectivity index (χ1n) is 8.55. The maximum absolute atomic E-state index is 13.2. The Balaban J connectivity index is 1.91. The van der Waals surface area contributed by atoms with Crippen LogP contribution in [0.25, 0.3) is 11.3 Å². The smallest absolute Gasteiger partial charge is 0.317 e. The first kappa shape index (κ1) is 17.4. The number of rotatable bonds is 2. The Kier molecular flexibility index (Phi) is 3.52. The highest BCUT2D eigenvalue weighted by Crippen LogP contribution is 2.42. The number of benzene rings is 2. The predicted molar refractivity (Wildman–Crippen MR) is 105 cm³/mol. The zero-order valence-corrected chi connectivity index (χ0v) is 15.7. The molecule has 1 aromatic heterocycles. The van der Waals surface area contributed by atoms with Gasteiger partial charge in [-0.1, -0.05) is 23.9 Å². The summed E-state index contributed by atoms with van der Waals surface area (Å²) in [5.41, 5.74) is -0.170. The number of nitro benzene ring substituents is 1. The highest BCUT2D eigenvalue weighted by molar-refractivity contribution is 7.98. The number of aromatic nitrogens is 3. The minimum absolute atomic E-state index is 0.169. The predicted octanol–water partition coefficient (Wildman–Crippen LogP) is 1.43. The number of thioether (sulfide) groups is 1.